The van der Waals surface area contributed by atoms with Crippen LogP contribution in [0.5, 0.6) is 0 Å². The molecule has 4 saturated carbocycles. The van der Waals surface area contributed by atoms with Crippen LogP contribution in [0.3, 0.4) is 0 Å². The Bertz CT molecular complexity index is 1070. The first kappa shape index (κ1) is 16.7. The third kappa shape index (κ3) is 3.11. The first-order valence-electron chi connectivity index (χ1n) is 12.8. The van der Waals surface area contributed by atoms with E-state index in [0.29, 0.717) is 6.42 Å². The van der Waals surface area contributed by atoms with Crippen LogP contribution in [0.2, 0.25) is 0 Å². The summed E-state index contributed by atoms with van der Waals surface area (Å²) in [5.41, 5.74) is -4.32. The van der Waals surface area contributed by atoms with Crippen molar-refractivity contribution in [3.05, 3.63) is 0 Å². The molecule has 0 aromatic carbocycles. The van der Waals surface area contributed by atoms with Crippen LogP contribution in [0, 0.1) is 34.5 Å². The normalized spacial score (nSPS) is 56.8. The minimum absolute atomic E-state index is 0.0733. The zero-order chi connectivity index (χ0) is 26.6. The van der Waals surface area contributed by atoms with Gasteiger partial charge in [-0.25, -0.2) is 4.18 Å². The lowest BCUT2D eigenvalue weighted by Gasteiger charge is -2.60. The lowest BCUT2D eigenvalue weighted by atomic mass is 9.44. The van der Waals surface area contributed by atoms with E-state index in [9.17, 15) is 32.8 Å². The molecule has 0 radical (unpaired) electrons. The highest BCUT2D eigenvalue weighted by atomic mass is 32.3. The topological polar surface area (TPSA) is 138 Å². The summed E-state index contributed by atoms with van der Waals surface area (Å²) in [6.45, 7) is 2.38. The number of hydrogen-bond donors (Lipinski definition) is 3. The quantitative estimate of drug-likeness (QED) is 0.551. The number of aliphatic hydroxyl groups is 2. The van der Waals surface area contributed by atoms with E-state index in [2.05, 4.69) is 4.18 Å². The van der Waals surface area contributed by atoms with Gasteiger partial charge in [-0.05, 0) is 68.0 Å². The van der Waals surface area contributed by atoms with Gasteiger partial charge in [0.25, 0.3) is 0 Å². The van der Waals surface area contributed by atoms with E-state index >= 15 is 0 Å². The molecule has 0 aromatic heterocycles. The van der Waals surface area contributed by atoms with Crippen molar-refractivity contribution in [2.75, 3.05) is 6.61 Å². The van der Waals surface area contributed by atoms with Crippen LogP contribution < -0.4 is 0 Å². The summed E-state index contributed by atoms with van der Waals surface area (Å²) in [6, 6.07) is 0. The van der Waals surface area contributed by atoms with Crippen LogP contribution in [-0.4, -0.2) is 53.0 Å². The van der Waals surface area contributed by atoms with Crippen molar-refractivity contribution in [3.63, 3.8) is 0 Å². The standard InChI is InChI=1S/C21H32O8S/c1-19-7-5-13(29-30(26,27)28)9-12(19)3-4-14-15-6-8-21(25,17(24)11-22)20(15,2)10-16(23)18(14)19/h12-15,18,22,25H,3-11H2,1-2H3,(H,26,27,28)/t12-,13+,14-,15-,18+,19-,20-,21-/m0/s1/i5D2,9D2,13D. The summed E-state index contributed by atoms with van der Waals surface area (Å²) in [4.78, 5) is 26.2. The van der Waals surface area contributed by atoms with Crippen LogP contribution in [0.15, 0.2) is 0 Å². The number of carbonyl (C=O) groups is 2. The fraction of sp³-hybridized carbons (Fsp3) is 0.905. The van der Waals surface area contributed by atoms with E-state index in [0.717, 1.165) is 0 Å². The van der Waals surface area contributed by atoms with E-state index in [1.165, 1.54) is 0 Å². The molecular weight excluding hydrogens is 412 g/mol. The molecule has 4 aliphatic carbocycles. The molecule has 30 heavy (non-hydrogen) atoms. The van der Waals surface area contributed by atoms with Gasteiger partial charge >= 0.3 is 10.4 Å². The van der Waals surface area contributed by atoms with Gasteiger partial charge in [-0.2, -0.15) is 8.42 Å². The molecule has 3 N–H and O–H groups in total. The Hall–Kier alpha value is -0.870. The monoisotopic (exact) mass is 449 g/mol. The molecule has 8 atom stereocenters. The summed E-state index contributed by atoms with van der Waals surface area (Å²) in [7, 11) is -5.37. The van der Waals surface area contributed by atoms with Gasteiger partial charge in [0.1, 0.15) is 18.0 Å². The van der Waals surface area contributed by atoms with Crippen molar-refractivity contribution in [1.82, 2.24) is 0 Å². The van der Waals surface area contributed by atoms with Gasteiger partial charge < -0.3 is 10.2 Å². The first-order valence-corrected chi connectivity index (χ1v) is 11.7. The second kappa shape index (κ2) is 7.07. The van der Waals surface area contributed by atoms with Gasteiger partial charge in [-0.3, -0.25) is 14.1 Å². The predicted molar refractivity (Wildman–Crippen MR) is 106 cm³/mol. The van der Waals surface area contributed by atoms with E-state index in [1.807, 2.05) is 0 Å². The molecule has 0 aliphatic heterocycles. The summed E-state index contributed by atoms with van der Waals surface area (Å²) in [5, 5.41) is 20.7. The number of carbonyl (C=O) groups excluding carboxylic acids is 2. The molecule has 0 bridgehead atoms. The average molecular weight is 450 g/mol. The third-order valence-corrected chi connectivity index (χ3v) is 8.81. The van der Waals surface area contributed by atoms with Gasteiger partial charge in [-0.1, -0.05) is 13.8 Å². The fourth-order valence-corrected chi connectivity index (χ4v) is 7.33. The number of Topliss-reactive ketones (excluding diaryl/α,β-unsaturated/α-hetero) is 2. The smallest absolute Gasteiger partial charge is 0.388 e. The highest BCUT2D eigenvalue weighted by molar-refractivity contribution is 7.80. The van der Waals surface area contributed by atoms with Crippen molar-refractivity contribution in [2.45, 2.75) is 76.8 Å². The second-order valence-corrected chi connectivity index (χ2v) is 10.8. The Morgan fingerprint density at radius 2 is 2.00 bits per heavy atom. The van der Waals surface area contributed by atoms with Crippen molar-refractivity contribution < 1.29 is 43.8 Å². The molecule has 4 rings (SSSR count). The zero-order valence-corrected chi connectivity index (χ0v) is 17.9. The zero-order valence-electron chi connectivity index (χ0n) is 22.1. The first-order chi connectivity index (χ1) is 15.7. The summed E-state index contributed by atoms with van der Waals surface area (Å²) in [5.74, 6) is -3.78. The van der Waals surface area contributed by atoms with Crippen molar-refractivity contribution in [2.24, 2.45) is 34.5 Å². The molecule has 0 heterocycles. The number of fused-ring (bicyclic) bond motifs is 5. The van der Waals surface area contributed by atoms with Crippen LogP contribution >= 0.6 is 0 Å². The minimum atomic E-state index is -5.37. The minimum Gasteiger partial charge on any atom is -0.388 e. The largest absolute Gasteiger partial charge is 0.397 e. The Balaban J connectivity index is 1.79. The van der Waals surface area contributed by atoms with E-state index < -0.39 is 82.2 Å². The molecule has 8 nitrogen and oxygen atoms in total. The average Bonchev–Trinajstić information content (AvgIpc) is 2.95. The highest BCUT2D eigenvalue weighted by Gasteiger charge is 2.68. The molecule has 170 valence electrons. The number of aliphatic hydroxyl groups excluding tert-OH is 1. The van der Waals surface area contributed by atoms with Gasteiger partial charge in [0.15, 0.2) is 5.78 Å². The number of hydrogen-bond acceptors (Lipinski definition) is 7. The van der Waals surface area contributed by atoms with Crippen LogP contribution in [-0.2, 0) is 24.2 Å². The summed E-state index contributed by atoms with van der Waals surface area (Å²) >= 11 is 0. The maximum atomic E-state index is 13.7. The molecular formula is C21H32O8S. The van der Waals surface area contributed by atoms with Crippen molar-refractivity contribution in [1.29, 1.82) is 0 Å². The molecule has 0 unspecified atom stereocenters. The SMILES string of the molecule is [2H]C1([2H])C[C@]2(C)[C@H]3C(=O)C[C@@]4(C)[C@@H](CC[C@]4(O)C(=O)CO)[C@@H]3CC[C@H]2C([2H])([2H])[C@]1([2H])OS(=O)(=O)O. The van der Waals surface area contributed by atoms with E-state index in [-0.39, 0.29) is 37.4 Å². The Morgan fingerprint density at radius 1 is 1.30 bits per heavy atom. The lowest BCUT2D eigenvalue weighted by molar-refractivity contribution is -0.179. The molecule has 4 aliphatic rings. The number of ketones is 2. The predicted octanol–water partition coefficient (Wildman–Crippen LogP) is 1.69. The Labute approximate surface area is 184 Å². The van der Waals surface area contributed by atoms with Gasteiger partial charge in [0.05, 0.1) is 7.45 Å². The van der Waals surface area contributed by atoms with Crippen molar-refractivity contribution >= 4 is 22.0 Å². The molecule has 0 aromatic rings. The summed E-state index contributed by atoms with van der Waals surface area (Å²) < 4.78 is 79.3. The van der Waals surface area contributed by atoms with Gasteiger partial charge in [0.2, 0.25) is 0 Å². The Kier molecular flexibility index (Phi) is 3.94. The highest BCUT2D eigenvalue weighted by Crippen LogP contribution is 2.67. The molecule has 0 amide bonds. The van der Waals surface area contributed by atoms with E-state index in [4.69, 9.17) is 6.85 Å². The second-order valence-electron chi connectivity index (χ2n) is 9.76. The van der Waals surface area contributed by atoms with Gasteiger partial charge in [-0.15, -0.1) is 0 Å². The lowest BCUT2D eigenvalue weighted by Crippen LogP contribution is -2.62. The molecule has 9 heteroatoms. The van der Waals surface area contributed by atoms with Crippen LogP contribution in [0.4, 0.5) is 0 Å². The molecule has 4 fully saturated rings. The maximum absolute atomic E-state index is 13.7. The van der Waals surface area contributed by atoms with E-state index in [1.54, 1.807) is 13.8 Å². The van der Waals surface area contributed by atoms with Crippen LogP contribution in [0.25, 0.3) is 0 Å². The molecule has 0 spiro atoms. The Morgan fingerprint density at radius 3 is 2.63 bits per heavy atom. The summed E-state index contributed by atoms with van der Waals surface area (Å²) in [6.07, 6.45) is -8.99. The number of rotatable bonds is 4. The van der Waals surface area contributed by atoms with Crippen LogP contribution in [0.1, 0.15) is 72.0 Å². The van der Waals surface area contributed by atoms with Crippen molar-refractivity contribution in [3.8, 4) is 0 Å². The fourth-order valence-electron chi connectivity index (χ4n) is 7.01. The maximum Gasteiger partial charge on any atom is 0.397 e. The third-order valence-electron chi connectivity index (χ3n) is 8.44. The molecule has 0 saturated heterocycles. The van der Waals surface area contributed by atoms with Gasteiger partial charge in [0, 0.05) is 23.2 Å².